The Labute approximate surface area is 187 Å². The molecule has 0 aromatic carbocycles. The maximum absolute atomic E-state index is 9.15. The summed E-state index contributed by atoms with van der Waals surface area (Å²) in [4.78, 5) is 9.15. The highest BCUT2D eigenvalue weighted by molar-refractivity contribution is 5.56. The van der Waals surface area contributed by atoms with Gasteiger partial charge in [0.2, 0.25) is 0 Å². The Morgan fingerprint density at radius 2 is 1.13 bits per heavy atom. The zero-order chi connectivity index (χ0) is 22.8. The summed E-state index contributed by atoms with van der Waals surface area (Å²) in [6.07, 6.45) is 19.7. The number of methoxy groups -OCH3 is 1. The largest absolute Gasteiger partial charge is 0.505 e. The van der Waals surface area contributed by atoms with Gasteiger partial charge in [0.15, 0.2) is 0 Å². The number of carboxylic acid groups (broad SMARTS) is 1. The maximum Gasteiger partial charge on any atom is 0.505 e. The minimum Gasteiger partial charge on any atom is -0.450 e. The molecule has 4 heteroatoms. The molecule has 3 fully saturated rings. The van der Waals surface area contributed by atoms with Crippen LogP contribution < -0.4 is 0 Å². The van der Waals surface area contributed by atoms with Crippen molar-refractivity contribution in [3.63, 3.8) is 0 Å². The van der Waals surface area contributed by atoms with Crippen LogP contribution in [0.5, 0.6) is 0 Å². The summed E-state index contributed by atoms with van der Waals surface area (Å²) in [5, 5.41) is 7.50. The second-order valence-corrected chi connectivity index (χ2v) is 9.39. The van der Waals surface area contributed by atoms with E-state index in [-0.39, 0.29) is 0 Å². The van der Waals surface area contributed by atoms with E-state index in [4.69, 9.17) is 14.6 Å². The molecule has 3 aliphatic rings. The Hall–Kier alpha value is -0.770. The first-order chi connectivity index (χ1) is 14.4. The molecule has 0 amide bonds. The molecular formula is C26H52O4. The molecule has 0 aliphatic heterocycles. The molecule has 0 aromatic rings. The maximum atomic E-state index is 9.15. The lowest BCUT2D eigenvalue weighted by Gasteiger charge is -2.29. The molecule has 0 aromatic heterocycles. The molecule has 3 rings (SSSR count). The van der Waals surface area contributed by atoms with Crippen LogP contribution in [0.25, 0.3) is 0 Å². The summed E-state index contributed by atoms with van der Waals surface area (Å²) in [5.74, 6) is 2.97. The summed E-state index contributed by atoms with van der Waals surface area (Å²) >= 11 is 0. The van der Waals surface area contributed by atoms with Crippen molar-refractivity contribution in [1.82, 2.24) is 0 Å². The monoisotopic (exact) mass is 428 g/mol. The zero-order valence-electron chi connectivity index (χ0n) is 21.0. The van der Waals surface area contributed by atoms with Gasteiger partial charge in [-0.25, -0.2) is 4.79 Å². The predicted molar refractivity (Wildman–Crippen MR) is 127 cm³/mol. The van der Waals surface area contributed by atoms with Crippen LogP contribution in [0.1, 0.15) is 125 Å². The van der Waals surface area contributed by atoms with E-state index in [9.17, 15) is 0 Å². The molecule has 3 aliphatic carbocycles. The van der Waals surface area contributed by atoms with Crippen LogP contribution in [0.15, 0.2) is 0 Å². The molecular weight excluding hydrogens is 376 g/mol. The second-order valence-electron chi connectivity index (χ2n) is 9.39. The van der Waals surface area contributed by atoms with Crippen molar-refractivity contribution in [3.05, 3.63) is 0 Å². The number of carbonyl (C=O) groups is 1. The van der Waals surface area contributed by atoms with E-state index in [1.807, 2.05) is 13.8 Å². The molecule has 0 saturated heterocycles. The topological polar surface area (TPSA) is 55.8 Å². The lowest BCUT2D eigenvalue weighted by Crippen LogP contribution is -2.25. The van der Waals surface area contributed by atoms with E-state index in [1.54, 1.807) is 0 Å². The lowest BCUT2D eigenvalue weighted by molar-refractivity contribution is -0.0450. The Morgan fingerprint density at radius 3 is 1.43 bits per heavy atom. The molecule has 4 nitrogen and oxygen atoms in total. The van der Waals surface area contributed by atoms with Gasteiger partial charge in [-0.2, -0.15) is 0 Å². The van der Waals surface area contributed by atoms with E-state index in [0.29, 0.717) is 12.2 Å². The molecule has 0 atom stereocenters. The molecule has 0 unspecified atom stereocenters. The van der Waals surface area contributed by atoms with Crippen molar-refractivity contribution in [2.24, 2.45) is 17.8 Å². The Bertz CT molecular complexity index is 360. The molecule has 180 valence electrons. The first-order valence-electron chi connectivity index (χ1n) is 12.8. The first-order valence-corrected chi connectivity index (χ1v) is 12.8. The van der Waals surface area contributed by atoms with Gasteiger partial charge in [-0.1, -0.05) is 86.0 Å². The third-order valence-electron chi connectivity index (χ3n) is 6.67. The third kappa shape index (κ3) is 15.1. The van der Waals surface area contributed by atoms with E-state index in [1.165, 1.54) is 89.9 Å². The van der Waals surface area contributed by atoms with E-state index >= 15 is 0 Å². The Kier molecular flexibility index (Phi) is 18.5. The summed E-state index contributed by atoms with van der Waals surface area (Å²) in [6, 6.07) is 0. The lowest BCUT2D eigenvalue weighted by atomic mass is 9.78. The highest BCUT2D eigenvalue weighted by atomic mass is 16.6. The van der Waals surface area contributed by atoms with Gasteiger partial charge in [0.25, 0.3) is 0 Å². The molecule has 30 heavy (non-hydrogen) atoms. The highest BCUT2D eigenvalue weighted by Gasteiger charge is 2.21. The molecule has 0 heterocycles. The van der Waals surface area contributed by atoms with E-state index < -0.39 is 6.16 Å². The van der Waals surface area contributed by atoms with Gasteiger partial charge in [0.1, 0.15) is 0 Å². The zero-order valence-corrected chi connectivity index (χ0v) is 21.0. The standard InChI is InChI=1S/C12H22O.C10H20.C2H4O3.C2H6/c1-3-7-11(8-4-1)13-12-9-5-2-6-10-12;1-8(2)10-6-4-9(3)5-7-10;1-5-2(3)4;1-2/h11-12H,1-10H2;8-10H,4-7H2,1-3H3;1H3,(H,3,4);1-2H3. The van der Waals surface area contributed by atoms with Crippen molar-refractivity contribution in [1.29, 1.82) is 0 Å². The van der Waals surface area contributed by atoms with Crippen LogP contribution in [-0.2, 0) is 9.47 Å². The molecule has 0 spiro atoms. The second kappa shape index (κ2) is 19.0. The quantitative estimate of drug-likeness (QED) is 0.458. The average Bonchev–Trinajstić information content (AvgIpc) is 2.78. The van der Waals surface area contributed by atoms with E-state index in [2.05, 4.69) is 25.5 Å². The van der Waals surface area contributed by atoms with Gasteiger partial charge in [-0.3, -0.25) is 0 Å². The van der Waals surface area contributed by atoms with Crippen molar-refractivity contribution in [2.45, 2.75) is 137 Å². The van der Waals surface area contributed by atoms with Crippen LogP contribution in [-0.4, -0.2) is 30.6 Å². The predicted octanol–water partition coefficient (Wildman–Crippen LogP) is 8.47. The highest BCUT2D eigenvalue weighted by Crippen LogP contribution is 2.32. The van der Waals surface area contributed by atoms with Gasteiger partial charge in [0.05, 0.1) is 19.3 Å². The first kappa shape index (κ1) is 29.2. The van der Waals surface area contributed by atoms with Crippen LogP contribution in [0.2, 0.25) is 0 Å². The van der Waals surface area contributed by atoms with Crippen LogP contribution in [0.4, 0.5) is 4.79 Å². The minimum atomic E-state index is -1.25. The van der Waals surface area contributed by atoms with Crippen LogP contribution in [0.3, 0.4) is 0 Å². The average molecular weight is 429 g/mol. The van der Waals surface area contributed by atoms with Crippen LogP contribution in [0, 0.1) is 17.8 Å². The van der Waals surface area contributed by atoms with Gasteiger partial charge in [-0.15, -0.1) is 0 Å². The van der Waals surface area contributed by atoms with Crippen molar-refractivity contribution in [2.75, 3.05) is 7.11 Å². The SMILES string of the molecule is C1CCC(OC2CCCCC2)CC1.CC.CC1CCC(C(C)C)CC1.COC(=O)O. The van der Waals surface area contributed by atoms with Crippen molar-refractivity contribution < 1.29 is 19.4 Å². The van der Waals surface area contributed by atoms with Gasteiger partial charge < -0.3 is 14.6 Å². The fourth-order valence-corrected chi connectivity index (χ4v) is 4.63. The van der Waals surface area contributed by atoms with Gasteiger partial charge in [0, 0.05) is 0 Å². The summed E-state index contributed by atoms with van der Waals surface area (Å²) in [7, 11) is 1.10. The molecule has 1 N–H and O–H groups in total. The van der Waals surface area contributed by atoms with Gasteiger partial charge in [-0.05, 0) is 56.3 Å². The summed E-state index contributed by atoms with van der Waals surface area (Å²) in [5.41, 5.74) is 0. The molecule has 3 saturated carbocycles. The summed E-state index contributed by atoms with van der Waals surface area (Å²) < 4.78 is 9.80. The number of rotatable bonds is 3. The fourth-order valence-electron chi connectivity index (χ4n) is 4.63. The normalized spacial score (nSPS) is 24.9. The summed E-state index contributed by atoms with van der Waals surface area (Å²) in [6.45, 7) is 11.1. The Morgan fingerprint density at radius 1 is 0.767 bits per heavy atom. The van der Waals surface area contributed by atoms with E-state index in [0.717, 1.165) is 24.9 Å². The number of hydrogen-bond acceptors (Lipinski definition) is 3. The molecule has 0 radical (unpaired) electrons. The fraction of sp³-hybridized carbons (Fsp3) is 0.962. The van der Waals surface area contributed by atoms with Gasteiger partial charge >= 0.3 is 6.16 Å². The minimum absolute atomic E-state index is 0.622. The Balaban J connectivity index is 0.000000441. The van der Waals surface area contributed by atoms with Crippen molar-refractivity contribution in [3.8, 4) is 0 Å². The number of hydrogen-bond donors (Lipinski definition) is 1. The van der Waals surface area contributed by atoms with Crippen molar-refractivity contribution >= 4 is 6.16 Å². The number of ether oxygens (including phenoxy) is 2. The van der Waals surface area contributed by atoms with Crippen LogP contribution >= 0.6 is 0 Å². The molecule has 0 bridgehead atoms. The third-order valence-corrected chi connectivity index (χ3v) is 6.67. The smallest absolute Gasteiger partial charge is 0.450 e.